The van der Waals surface area contributed by atoms with Gasteiger partial charge in [0.2, 0.25) is 11.4 Å². The van der Waals surface area contributed by atoms with E-state index in [0.717, 1.165) is 12.8 Å². The molecule has 1 aliphatic heterocycles. The third kappa shape index (κ3) is 3.11. The van der Waals surface area contributed by atoms with E-state index in [1.54, 1.807) is 13.8 Å². The van der Waals surface area contributed by atoms with Crippen molar-refractivity contribution < 1.29 is 23.9 Å². The van der Waals surface area contributed by atoms with E-state index in [0.29, 0.717) is 6.42 Å². The lowest BCUT2D eigenvalue weighted by Gasteiger charge is -2.30. The zero-order chi connectivity index (χ0) is 15.2. The fourth-order valence-electron chi connectivity index (χ4n) is 2.53. The second-order valence-corrected chi connectivity index (χ2v) is 4.84. The molecule has 0 aromatic carbocycles. The van der Waals surface area contributed by atoms with Crippen molar-refractivity contribution in [1.29, 1.82) is 0 Å². The summed E-state index contributed by atoms with van der Waals surface area (Å²) in [6, 6.07) is 0. The molecule has 1 atom stereocenters. The summed E-state index contributed by atoms with van der Waals surface area (Å²) in [7, 11) is 0. The van der Waals surface area contributed by atoms with Crippen molar-refractivity contribution in [3.8, 4) is 0 Å². The molecule has 1 saturated heterocycles. The van der Waals surface area contributed by atoms with Crippen LogP contribution in [0.3, 0.4) is 0 Å². The third-order valence-corrected chi connectivity index (χ3v) is 3.48. The molecule has 0 radical (unpaired) electrons. The Labute approximate surface area is 119 Å². The van der Waals surface area contributed by atoms with E-state index in [1.807, 2.05) is 6.92 Å². The SMILES string of the molecule is CCCC[C@@H]1CC(=O)NC1(C(=O)OCC)C(=O)OCC. The number of unbranched alkanes of at least 4 members (excludes halogenated alkanes) is 1. The van der Waals surface area contributed by atoms with Crippen molar-refractivity contribution in [2.24, 2.45) is 5.92 Å². The highest BCUT2D eigenvalue weighted by Crippen LogP contribution is 2.34. The summed E-state index contributed by atoms with van der Waals surface area (Å²) in [6.07, 6.45) is 2.51. The summed E-state index contributed by atoms with van der Waals surface area (Å²) in [6.45, 7) is 5.64. The van der Waals surface area contributed by atoms with E-state index < -0.39 is 23.4 Å². The first-order valence-electron chi connectivity index (χ1n) is 7.18. The number of hydrogen-bond donors (Lipinski definition) is 1. The van der Waals surface area contributed by atoms with Crippen molar-refractivity contribution in [2.75, 3.05) is 13.2 Å². The Bertz CT molecular complexity index is 362. The molecule has 1 amide bonds. The highest BCUT2D eigenvalue weighted by Gasteiger charge is 2.60. The minimum absolute atomic E-state index is 0.149. The summed E-state index contributed by atoms with van der Waals surface area (Å²) in [5, 5.41) is 2.51. The Morgan fingerprint density at radius 2 is 1.75 bits per heavy atom. The Morgan fingerprint density at radius 1 is 1.20 bits per heavy atom. The molecule has 6 nitrogen and oxygen atoms in total. The van der Waals surface area contributed by atoms with Crippen LogP contribution in [0, 0.1) is 5.92 Å². The second-order valence-electron chi connectivity index (χ2n) is 4.84. The fraction of sp³-hybridized carbons (Fsp3) is 0.786. The highest BCUT2D eigenvalue weighted by atomic mass is 16.6. The number of rotatable bonds is 7. The fourth-order valence-corrected chi connectivity index (χ4v) is 2.53. The quantitative estimate of drug-likeness (QED) is 0.561. The lowest BCUT2D eigenvalue weighted by Crippen LogP contribution is -2.60. The number of amides is 1. The standard InChI is InChI=1S/C14H23NO5/c1-4-7-8-10-9-11(16)15-14(10,12(17)19-5-2)13(18)20-6-3/h10H,4-9H2,1-3H3,(H,15,16)/t10-/m1/s1. The molecule has 0 aliphatic carbocycles. The van der Waals surface area contributed by atoms with E-state index in [4.69, 9.17) is 9.47 Å². The molecule has 0 aromatic heterocycles. The van der Waals surface area contributed by atoms with Gasteiger partial charge in [0.05, 0.1) is 13.2 Å². The van der Waals surface area contributed by atoms with E-state index >= 15 is 0 Å². The van der Waals surface area contributed by atoms with Gasteiger partial charge in [-0.2, -0.15) is 0 Å². The van der Waals surface area contributed by atoms with Gasteiger partial charge in [-0.25, -0.2) is 9.59 Å². The average molecular weight is 285 g/mol. The van der Waals surface area contributed by atoms with Gasteiger partial charge in [0, 0.05) is 12.3 Å². The molecule has 0 spiro atoms. The maximum Gasteiger partial charge on any atom is 0.344 e. The maximum atomic E-state index is 12.3. The van der Waals surface area contributed by atoms with Gasteiger partial charge in [-0.05, 0) is 20.3 Å². The van der Waals surface area contributed by atoms with Crippen molar-refractivity contribution in [1.82, 2.24) is 5.32 Å². The minimum Gasteiger partial charge on any atom is -0.464 e. The molecular weight excluding hydrogens is 262 g/mol. The summed E-state index contributed by atoms with van der Waals surface area (Å²) in [5.41, 5.74) is -1.67. The molecule has 0 bridgehead atoms. The Kier molecular flexibility index (Phi) is 5.98. The number of carbonyl (C=O) groups is 3. The van der Waals surface area contributed by atoms with Crippen LogP contribution < -0.4 is 5.32 Å². The lowest BCUT2D eigenvalue weighted by molar-refractivity contribution is -0.168. The zero-order valence-corrected chi connectivity index (χ0v) is 12.4. The van der Waals surface area contributed by atoms with E-state index in [9.17, 15) is 14.4 Å². The molecule has 6 heteroatoms. The zero-order valence-electron chi connectivity index (χ0n) is 12.4. The minimum atomic E-state index is -1.67. The normalized spacial score (nSPS) is 20.4. The van der Waals surface area contributed by atoms with Crippen LogP contribution in [0.1, 0.15) is 46.5 Å². The van der Waals surface area contributed by atoms with Gasteiger partial charge < -0.3 is 14.8 Å². The van der Waals surface area contributed by atoms with Gasteiger partial charge in [-0.15, -0.1) is 0 Å². The summed E-state index contributed by atoms with van der Waals surface area (Å²) in [4.78, 5) is 36.3. The van der Waals surface area contributed by atoms with Crippen LogP contribution in [0.5, 0.6) is 0 Å². The van der Waals surface area contributed by atoms with Crippen LogP contribution in [0.15, 0.2) is 0 Å². The number of carbonyl (C=O) groups excluding carboxylic acids is 3. The maximum absolute atomic E-state index is 12.3. The largest absolute Gasteiger partial charge is 0.464 e. The van der Waals surface area contributed by atoms with Crippen molar-refractivity contribution >= 4 is 17.8 Å². The topological polar surface area (TPSA) is 81.7 Å². The first kappa shape index (κ1) is 16.5. The van der Waals surface area contributed by atoms with Crippen LogP contribution in [0.2, 0.25) is 0 Å². The van der Waals surface area contributed by atoms with E-state index in [-0.39, 0.29) is 25.5 Å². The number of nitrogens with one attached hydrogen (secondary N) is 1. The van der Waals surface area contributed by atoms with E-state index in [1.165, 1.54) is 0 Å². The lowest BCUT2D eigenvalue weighted by atomic mass is 9.82. The average Bonchev–Trinajstić information content (AvgIpc) is 2.75. The molecule has 1 N–H and O–H groups in total. The smallest absolute Gasteiger partial charge is 0.344 e. The van der Waals surface area contributed by atoms with Crippen molar-refractivity contribution in [2.45, 2.75) is 52.0 Å². The molecule has 1 rings (SSSR count). The van der Waals surface area contributed by atoms with Crippen LogP contribution >= 0.6 is 0 Å². The van der Waals surface area contributed by atoms with Gasteiger partial charge in [-0.3, -0.25) is 4.79 Å². The number of hydrogen-bond acceptors (Lipinski definition) is 5. The third-order valence-electron chi connectivity index (χ3n) is 3.48. The Morgan fingerprint density at radius 3 is 2.20 bits per heavy atom. The number of esters is 2. The molecule has 114 valence electrons. The van der Waals surface area contributed by atoms with Gasteiger partial charge in [0.1, 0.15) is 0 Å². The molecule has 1 aliphatic rings. The van der Waals surface area contributed by atoms with Gasteiger partial charge >= 0.3 is 11.9 Å². The van der Waals surface area contributed by atoms with Crippen LogP contribution in [-0.2, 0) is 23.9 Å². The van der Waals surface area contributed by atoms with E-state index in [2.05, 4.69) is 5.32 Å². The van der Waals surface area contributed by atoms with Crippen LogP contribution in [0.25, 0.3) is 0 Å². The van der Waals surface area contributed by atoms with Gasteiger partial charge in [0.15, 0.2) is 0 Å². The monoisotopic (exact) mass is 285 g/mol. The van der Waals surface area contributed by atoms with Gasteiger partial charge in [-0.1, -0.05) is 19.8 Å². The van der Waals surface area contributed by atoms with Crippen molar-refractivity contribution in [3.05, 3.63) is 0 Å². The molecular formula is C14H23NO5. The molecule has 0 unspecified atom stereocenters. The predicted octanol–water partition coefficient (Wildman–Crippen LogP) is 1.18. The molecule has 1 fully saturated rings. The van der Waals surface area contributed by atoms with Crippen LogP contribution in [-0.4, -0.2) is 36.6 Å². The summed E-state index contributed by atoms with van der Waals surface area (Å²) in [5.74, 6) is -2.16. The molecule has 1 heterocycles. The Balaban J connectivity index is 3.08. The van der Waals surface area contributed by atoms with Crippen LogP contribution in [0.4, 0.5) is 0 Å². The Hall–Kier alpha value is -1.59. The number of ether oxygens (including phenoxy) is 2. The van der Waals surface area contributed by atoms with Gasteiger partial charge in [0.25, 0.3) is 0 Å². The summed E-state index contributed by atoms with van der Waals surface area (Å²) >= 11 is 0. The first-order chi connectivity index (χ1) is 9.52. The second kappa shape index (κ2) is 7.26. The predicted molar refractivity (Wildman–Crippen MR) is 71.8 cm³/mol. The van der Waals surface area contributed by atoms with Crippen molar-refractivity contribution in [3.63, 3.8) is 0 Å². The first-order valence-corrected chi connectivity index (χ1v) is 7.18. The summed E-state index contributed by atoms with van der Waals surface area (Å²) < 4.78 is 10.0. The molecule has 0 saturated carbocycles. The highest BCUT2D eigenvalue weighted by molar-refractivity contribution is 6.10. The molecule has 0 aromatic rings. The molecule has 20 heavy (non-hydrogen) atoms.